The maximum absolute atomic E-state index is 12.9. The second-order valence-corrected chi connectivity index (χ2v) is 6.49. The smallest absolute Gasteiger partial charge is 0.323 e. The zero-order valence-electron chi connectivity index (χ0n) is 11.2. The Morgan fingerprint density at radius 2 is 2.10 bits per heavy atom. The van der Waals surface area contributed by atoms with Crippen LogP contribution in [0.3, 0.4) is 0 Å². The highest BCUT2D eigenvalue weighted by Gasteiger charge is 2.26. The van der Waals surface area contributed by atoms with Crippen molar-refractivity contribution in [3.8, 4) is 11.4 Å². The number of nitrogens with one attached hydrogen (secondary N) is 1. The molecule has 1 aromatic carbocycles. The lowest BCUT2D eigenvalue weighted by Gasteiger charge is -2.33. The highest BCUT2D eigenvalue weighted by atomic mass is 32.2. The molecule has 0 saturated carbocycles. The van der Waals surface area contributed by atoms with Gasteiger partial charge >= 0.3 is 6.03 Å². The summed E-state index contributed by atoms with van der Waals surface area (Å²) in [6.07, 6.45) is 0. The molecule has 1 fully saturated rings. The van der Waals surface area contributed by atoms with Crippen molar-refractivity contribution in [3.05, 3.63) is 30.1 Å². The van der Waals surface area contributed by atoms with Crippen LogP contribution >= 0.6 is 23.3 Å². The first-order chi connectivity index (χ1) is 10.1. The highest BCUT2D eigenvalue weighted by molar-refractivity contribution is 8.00. The molecule has 1 aliphatic heterocycles. The van der Waals surface area contributed by atoms with Crippen molar-refractivity contribution in [3.63, 3.8) is 0 Å². The summed E-state index contributed by atoms with van der Waals surface area (Å²) in [5, 5.41) is 3.18. The fraction of sp³-hybridized carbons (Fsp3) is 0.308. The van der Waals surface area contributed by atoms with Gasteiger partial charge in [-0.25, -0.2) is 9.18 Å². The molecule has 2 aromatic rings. The van der Waals surface area contributed by atoms with Gasteiger partial charge in [0.05, 0.1) is 6.04 Å². The number of carbonyl (C=O) groups excluding carboxylic acids is 1. The van der Waals surface area contributed by atoms with E-state index in [-0.39, 0.29) is 11.8 Å². The van der Waals surface area contributed by atoms with Gasteiger partial charge in [-0.1, -0.05) is 0 Å². The van der Waals surface area contributed by atoms with Crippen LogP contribution in [0.15, 0.2) is 24.3 Å². The van der Waals surface area contributed by atoms with Crippen molar-refractivity contribution >= 4 is 34.5 Å². The lowest BCUT2D eigenvalue weighted by atomic mass is 10.2. The molecule has 1 aromatic heterocycles. The third-order valence-electron chi connectivity index (χ3n) is 3.23. The number of anilines is 1. The summed E-state index contributed by atoms with van der Waals surface area (Å²) in [7, 11) is 1.78. The average molecular weight is 324 g/mol. The van der Waals surface area contributed by atoms with Crippen molar-refractivity contribution in [1.82, 2.24) is 14.3 Å². The van der Waals surface area contributed by atoms with Crippen LogP contribution < -0.4 is 5.32 Å². The molecule has 0 bridgehead atoms. The first kappa shape index (κ1) is 14.3. The Kier molecular flexibility index (Phi) is 4.07. The summed E-state index contributed by atoms with van der Waals surface area (Å²) >= 11 is 2.94. The zero-order valence-corrected chi connectivity index (χ0v) is 12.9. The number of rotatable bonds is 3. The minimum Gasteiger partial charge on any atom is -0.323 e. The summed E-state index contributed by atoms with van der Waals surface area (Å²) in [6, 6.07) is 6.05. The summed E-state index contributed by atoms with van der Waals surface area (Å²) in [6.45, 7) is 0. The quantitative estimate of drug-likeness (QED) is 0.943. The van der Waals surface area contributed by atoms with Gasteiger partial charge in [0, 0.05) is 35.6 Å². The molecular weight excluding hydrogens is 311 g/mol. The zero-order chi connectivity index (χ0) is 14.8. The minimum atomic E-state index is -0.303. The third-order valence-corrected chi connectivity index (χ3v) is 5.10. The van der Waals surface area contributed by atoms with Crippen LogP contribution in [-0.2, 0) is 0 Å². The van der Waals surface area contributed by atoms with E-state index >= 15 is 0 Å². The van der Waals surface area contributed by atoms with Gasteiger partial charge in [0.25, 0.3) is 0 Å². The Morgan fingerprint density at radius 3 is 2.71 bits per heavy atom. The van der Waals surface area contributed by atoms with Crippen LogP contribution in [0.5, 0.6) is 0 Å². The van der Waals surface area contributed by atoms with Gasteiger partial charge in [0.2, 0.25) is 5.13 Å². The van der Waals surface area contributed by atoms with Gasteiger partial charge in [0.15, 0.2) is 5.82 Å². The number of urea groups is 1. The molecule has 0 spiro atoms. The predicted molar refractivity (Wildman–Crippen MR) is 83.2 cm³/mol. The monoisotopic (exact) mass is 324 g/mol. The first-order valence-corrected chi connectivity index (χ1v) is 8.27. The van der Waals surface area contributed by atoms with Crippen LogP contribution in [0.2, 0.25) is 0 Å². The number of amides is 2. The van der Waals surface area contributed by atoms with Gasteiger partial charge in [-0.3, -0.25) is 5.32 Å². The second-order valence-electron chi connectivity index (χ2n) is 4.66. The van der Waals surface area contributed by atoms with Crippen LogP contribution in [-0.4, -0.2) is 44.9 Å². The predicted octanol–water partition coefficient (Wildman–Crippen LogP) is 2.92. The Hall–Kier alpha value is -1.67. The minimum absolute atomic E-state index is 0.179. The van der Waals surface area contributed by atoms with Crippen LogP contribution in [0, 0.1) is 5.82 Å². The fourth-order valence-corrected chi connectivity index (χ4v) is 3.26. The number of carbonyl (C=O) groups is 1. The summed E-state index contributed by atoms with van der Waals surface area (Å²) < 4.78 is 17.1. The molecule has 3 rings (SSSR count). The number of halogens is 1. The summed E-state index contributed by atoms with van der Waals surface area (Å²) in [5.41, 5.74) is 0.719. The molecule has 5 nitrogen and oxygen atoms in total. The van der Waals surface area contributed by atoms with E-state index in [2.05, 4.69) is 14.7 Å². The van der Waals surface area contributed by atoms with Crippen molar-refractivity contribution in [2.24, 2.45) is 0 Å². The van der Waals surface area contributed by atoms with Gasteiger partial charge in [-0.05, 0) is 24.3 Å². The lowest BCUT2D eigenvalue weighted by molar-refractivity contribution is 0.211. The Labute approximate surface area is 129 Å². The molecule has 110 valence electrons. The normalized spacial score (nSPS) is 14.6. The summed E-state index contributed by atoms with van der Waals surface area (Å²) in [4.78, 5) is 18.0. The van der Waals surface area contributed by atoms with Gasteiger partial charge < -0.3 is 4.90 Å². The van der Waals surface area contributed by atoms with Crippen LogP contribution in [0.1, 0.15) is 0 Å². The van der Waals surface area contributed by atoms with E-state index in [0.29, 0.717) is 17.0 Å². The molecule has 1 N–H and O–H groups in total. The first-order valence-electron chi connectivity index (χ1n) is 6.34. The van der Waals surface area contributed by atoms with Crippen molar-refractivity contribution in [1.29, 1.82) is 0 Å². The van der Waals surface area contributed by atoms with Crippen LogP contribution in [0.25, 0.3) is 11.4 Å². The average Bonchev–Trinajstić information content (AvgIpc) is 2.86. The molecule has 0 atom stereocenters. The number of hydrogen-bond donors (Lipinski definition) is 1. The maximum Gasteiger partial charge on any atom is 0.323 e. The van der Waals surface area contributed by atoms with E-state index in [0.717, 1.165) is 28.6 Å². The molecule has 0 unspecified atom stereocenters. The van der Waals surface area contributed by atoms with Gasteiger partial charge in [-0.2, -0.15) is 21.1 Å². The molecule has 21 heavy (non-hydrogen) atoms. The topological polar surface area (TPSA) is 58.1 Å². The van der Waals surface area contributed by atoms with Gasteiger partial charge in [-0.15, -0.1) is 0 Å². The van der Waals surface area contributed by atoms with Crippen molar-refractivity contribution in [2.75, 3.05) is 23.9 Å². The molecule has 2 heterocycles. The number of benzene rings is 1. The van der Waals surface area contributed by atoms with Crippen molar-refractivity contribution in [2.45, 2.75) is 6.04 Å². The molecule has 1 aliphatic rings. The Balaban J connectivity index is 1.67. The number of thioether (sulfide) groups is 1. The Morgan fingerprint density at radius 1 is 1.38 bits per heavy atom. The molecule has 1 saturated heterocycles. The van der Waals surface area contributed by atoms with E-state index in [9.17, 15) is 9.18 Å². The van der Waals surface area contributed by atoms with Crippen LogP contribution in [0.4, 0.5) is 14.3 Å². The molecular formula is C13H13FN4OS2. The lowest BCUT2D eigenvalue weighted by Crippen LogP contribution is -2.47. The van der Waals surface area contributed by atoms with Gasteiger partial charge in [0.1, 0.15) is 5.82 Å². The molecule has 0 radical (unpaired) electrons. The number of aromatic nitrogens is 2. The fourth-order valence-electron chi connectivity index (χ4n) is 1.78. The number of nitrogens with zero attached hydrogens (tertiary/aromatic N) is 3. The van der Waals surface area contributed by atoms with E-state index in [1.54, 1.807) is 24.1 Å². The standard InChI is InChI=1S/C13H13FN4OS2/c1-18(10-6-20-7-10)13(19)16-12-15-11(17-21-12)8-2-4-9(14)5-3-8/h2-5,10H,6-7H2,1H3,(H,15,16,17,19). The van der Waals surface area contributed by atoms with E-state index in [1.807, 2.05) is 11.8 Å². The Bertz CT molecular complexity index is 642. The molecule has 2 amide bonds. The maximum atomic E-state index is 12.9. The molecule has 0 aliphatic carbocycles. The van der Waals surface area contributed by atoms with E-state index in [4.69, 9.17) is 0 Å². The number of hydrogen-bond acceptors (Lipinski definition) is 5. The SMILES string of the molecule is CN(C(=O)Nc1nc(-c2ccc(F)cc2)ns1)C1CSC1. The largest absolute Gasteiger partial charge is 0.323 e. The van der Waals surface area contributed by atoms with E-state index in [1.165, 1.54) is 12.1 Å². The third kappa shape index (κ3) is 3.16. The molecule has 8 heteroatoms. The highest BCUT2D eigenvalue weighted by Crippen LogP contribution is 2.24. The van der Waals surface area contributed by atoms with Crippen molar-refractivity contribution < 1.29 is 9.18 Å². The second kappa shape index (κ2) is 5.98. The summed E-state index contributed by atoms with van der Waals surface area (Å²) in [5.74, 6) is 2.13. The van der Waals surface area contributed by atoms with E-state index < -0.39 is 0 Å².